The molecule has 0 N–H and O–H groups in total. The summed E-state index contributed by atoms with van der Waals surface area (Å²) < 4.78 is 7.06. The van der Waals surface area contributed by atoms with E-state index in [4.69, 9.17) is 4.74 Å². The van der Waals surface area contributed by atoms with Gasteiger partial charge in [0.2, 0.25) is 0 Å². The monoisotopic (exact) mass is 333 g/mol. The van der Waals surface area contributed by atoms with E-state index in [1.165, 1.54) is 5.56 Å². The number of ether oxygens (including phenoxy) is 1. The normalized spacial score (nSPS) is 10.8. The Morgan fingerprint density at radius 3 is 2.35 bits per heavy atom. The highest BCUT2D eigenvalue weighted by atomic mass is 79.9. The lowest BCUT2D eigenvalue weighted by Gasteiger charge is -2.20. The van der Waals surface area contributed by atoms with Crippen LogP contribution in [0.2, 0.25) is 0 Å². The Balaban J connectivity index is 2.24. The third-order valence-electron chi connectivity index (χ3n) is 3.29. The van der Waals surface area contributed by atoms with Gasteiger partial charge in [-0.1, -0.05) is 54.0 Å². The van der Waals surface area contributed by atoms with E-state index in [0.29, 0.717) is 0 Å². The zero-order chi connectivity index (χ0) is 14.4. The van der Waals surface area contributed by atoms with Gasteiger partial charge in [0.25, 0.3) is 0 Å². The van der Waals surface area contributed by atoms with E-state index in [1.54, 1.807) is 0 Å². The van der Waals surface area contributed by atoms with Gasteiger partial charge in [-0.25, -0.2) is 0 Å². The van der Waals surface area contributed by atoms with Gasteiger partial charge in [0.1, 0.15) is 11.5 Å². The maximum atomic E-state index is 6.02. The average Bonchev–Trinajstić information content (AvgIpc) is 2.48. The number of hydrogen-bond donors (Lipinski definition) is 0. The molecular weight excluding hydrogens is 314 g/mol. The van der Waals surface area contributed by atoms with Crippen LogP contribution >= 0.6 is 15.9 Å². The van der Waals surface area contributed by atoms with E-state index in [1.807, 2.05) is 36.4 Å². The lowest BCUT2D eigenvalue weighted by Crippen LogP contribution is -2.22. The van der Waals surface area contributed by atoms with Crippen LogP contribution in [-0.4, -0.2) is 18.0 Å². The highest BCUT2D eigenvalue weighted by molar-refractivity contribution is 9.10. The zero-order valence-corrected chi connectivity index (χ0v) is 13.6. The number of nitrogens with zero attached hydrogens (tertiary/aromatic N) is 1. The summed E-state index contributed by atoms with van der Waals surface area (Å²) in [5.74, 6) is 1.78. The van der Waals surface area contributed by atoms with Crippen LogP contribution in [0.4, 0.5) is 0 Å². The summed E-state index contributed by atoms with van der Waals surface area (Å²) in [5, 5.41) is 0. The molecule has 20 heavy (non-hydrogen) atoms. The average molecular weight is 334 g/mol. The van der Waals surface area contributed by atoms with E-state index in [9.17, 15) is 0 Å². The molecule has 2 nitrogen and oxygen atoms in total. The Hall–Kier alpha value is -1.32. The molecule has 0 aliphatic rings. The molecule has 0 atom stereocenters. The van der Waals surface area contributed by atoms with E-state index < -0.39 is 0 Å². The molecule has 2 rings (SSSR count). The molecular formula is C17H20BrNO. The van der Waals surface area contributed by atoms with Crippen molar-refractivity contribution in [3.63, 3.8) is 0 Å². The van der Waals surface area contributed by atoms with E-state index in [0.717, 1.165) is 35.6 Å². The lowest BCUT2D eigenvalue weighted by atomic mass is 10.2. The summed E-state index contributed by atoms with van der Waals surface area (Å²) in [7, 11) is 0. The highest BCUT2D eigenvalue weighted by Gasteiger charge is 2.09. The molecule has 0 amide bonds. The molecule has 0 aliphatic heterocycles. The molecule has 0 aliphatic carbocycles. The molecule has 2 aromatic rings. The second kappa shape index (κ2) is 7.46. The van der Waals surface area contributed by atoms with Crippen LogP contribution in [0.15, 0.2) is 53.0 Å². The van der Waals surface area contributed by atoms with Gasteiger partial charge in [0.15, 0.2) is 0 Å². The fourth-order valence-corrected chi connectivity index (χ4v) is 2.40. The second-order valence-electron chi connectivity index (χ2n) is 4.63. The summed E-state index contributed by atoms with van der Waals surface area (Å²) in [6.45, 7) is 7.34. The maximum Gasteiger partial charge on any atom is 0.133 e. The fraction of sp³-hybridized carbons (Fsp3) is 0.294. The standard InChI is InChI=1S/C17H20BrNO/c1-3-19(4-2)13-14-10-11-15(18)12-17(14)20-16-8-6-5-7-9-16/h5-12H,3-4,13H2,1-2H3. The molecule has 2 aromatic carbocycles. The molecule has 0 aromatic heterocycles. The van der Waals surface area contributed by atoms with Gasteiger partial charge in [-0.3, -0.25) is 4.90 Å². The first-order valence-electron chi connectivity index (χ1n) is 6.96. The molecule has 0 spiro atoms. The Morgan fingerprint density at radius 1 is 1.00 bits per heavy atom. The minimum atomic E-state index is 0.867. The number of para-hydroxylation sites is 1. The topological polar surface area (TPSA) is 12.5 Å². The third-order valence-corrected chi connectivity index (χ3v) is 3.78. The molecule has 0 unspecified atom stereocenters. The largest absolute Gasteiger partial charge is 0.457 e. The molecule has 0 saturated carbocycles. The van der Waals surface area contributed by atoms with Crippen molar-refractivity contribution in [2.24, 2.45) is 0 Å². The summed E-state index contributed by atoms with van der Waals surface area (Å²) in [4.78, 5) is 2.38. The number of rotatable bonds is 6. The minimum Gasteiger partial charge on any atom is -0.457 e. The molecule has 0 heterocycles. The molecule has 106 valence electrons. The van der Waals surface area contributed by atoms with Crippen molar-refractivity contribution in [3.8, 4) is 11.5 Å². The third kappa shape index (κ3) is 4.09. The van der Waals surface area contributed by atoms with Gasteiger partial charge in [0.05, 0.1) is 0 Å². The van der Waals surface area contributed by atoms with Crippen molar-refractivity contribution < 1.29 is 4.74 Å². The van der Waals surface area contributed by atoms with Crippen molar-refractivity contribution in [1.82, 2.24) is 4.90 Å². The summed E-state index contributed by atoms with van der Waals surface area (Å²) >= 11 is 3.52. The summed E-state index contributed by atoms with van der Waals surface area (Å²) in [6.07, 6.45) is 0. The van der Waals surface area contributed by atoms with E-state index >= 15 is 0 Å². The van der Waals surface area contributed by atoms with Crippen molar-refractivity contribution in [2.75, 3.05) is 13.1 Å². The number of benzene rings is 2. The predicted octanol–water partition coefficient (Wildman–Crippen LogP) is 5.08. The van der Waals surface area contributed by atoms with Crippen molar-refractivity contribution in [3.05, 3.63) is 58.6 Å². The van der Waals surface area contributed by atoms with Crippen LogP contribution < -0.4 is 4.74 Å². The first-order valence-corrected chi connectivity index (χ1v) is 7.76. The predicted molar refractivity (Wildman–Crippen MR) is 87.3 cm³/mol. The molecule has 0 bridgehead atoms. The summed E-state index contributed by atoms with van der Waals surface area (Å²) in [5.41, 5.74) is 1.21. The smallest absolute Gasteiger partial charge is 0.133 e. The first-order chi connectivity index (χ1) is 9.72. The molecule has 0 fully saturated rings. The van der Waals surface area contributed by atoms with Gasteiger partial charge in [-0.05, 0) is 37.4 Å². The Morgan fingerprint density at radius 2 is 1.70 bits per heavy atom. The van der Waals surface area contributed by atoms with Gasteiger partial charge >= 0.3 is 0 Å². The van der Waals surface area contributed by atoms with Crippen molar-refractivity contribution in [1.29, 1.82) is 0 Å². The SMILES string of the molecule is CCN(CC)Cc1ccc(Br)cc1Oc1ccccc1. The Bertz CT molecular complexity index is 538. The quantitative estimate of drug-likeness (QED) is 0.730. The zero-order valence-electron chi connectivity index (χ0n) is 12.0. The fourth-order valence-electron chi connectivity index (χ4n) is 2.06. The van der Waals surface area contributed by atoms with Crippen LogP contribution in [0.3, 0.4) is 0 Å². The van der Waals surface area contributed by atoms with Crippen LogP contribution in [0.1, 0.15) is 19.4 Å². The molecule has 3 heteroatoms. The van der Waals surface area contributed by atoms with E-state index in [2.05, 4.69) is 46.8 Å². The van der Waals surface area contributed by atoms with Crippen LogP contribution in [0, 0.1) is 0 Å². The number of halogens is 1. The Kier molecular flexibility index (Phi) is 5.62. The van der Waals surface area contributed by atoms with E-state index in [-0.39, 0.29) is 0 Å². The van der Waals surface area contributed by atoms with Gasteiger partial charge in [0, 0.05) is 16.6 Å². The van der Waals surface area contributed by atoms with Crippen LogP contribution in [0.5, 0.6) is 11.5 Å². The highest BCUT2D eigenvalue weighted by Crippen LogP contribution is 2.29. The second-order valence-corrected chi connectivity index (χ2v) is 5.54. The molecule has 0 radical (unpaired) electrons. The molecule has 0 saturated heterocycles. The first kappa shape index (κ1) is 15.1. The van der Waals surface area contributed by atoms with Gasteiger partial charge in [-0.15, -0.1) is 0 Å². The van der Waals surface area contributed by atoms with Crippen LogP contribution in [-0.2, 0) is 6.54 Å². The maximum absolute atomic E-state index is 6.02. The Labute approximate surface area is 129 Å². The minimum absolute atomic E-state index is 0.867. The summed E-state index contributed by atoms with van der Waals surface area (Å²) in [6, 6.07) is 16.1. The van der Waals surface area contributed by atoms with Gasteiger partial charge < -0.3 is 4.74 Å². The number of hydrogen-bond acceptors (Lipinski definition) is 2. The van der Waals surface area contributed by atoms with Crippen molar-refractivity contribution >= 4 is 15.9 Å². The van der Waals surface area contributed by atoms with Crippen molar-refractivity contribution in [2.45, 2.75) is 20.4 Å². The van der Waals surface area contributed by atoms with Gasteiger partial charge in [-0.2, -0.15) is 0 Å². The lowest BCUT2D eigenvalue weighted by molar-refractivity contribution is 0.291. The van der Waals surface area contributed by atoms with Crippen LogP contribution in [0.25, 0.3) is 0 Å².